The van der Waals surface area contributed by atoms with Gasteiger partial charge in [-0.25, -0.2) is 4.98 Å². The van der Waals surface area contributed by atoms with Crippen LogP contribution in [0.1, 0.15) is 6.92 Å². The number of halogens is 2. The largest absolute Gasteiger partial charge is 0.485 e. The number of aromatic nitrogens is 1. The Labute approximate surface area is 92.4 Å². The van der Waals surface area contributed by atoms with Crippen LogP contribution >= 0.6 is 23.2 Å². The molecule has 0 aromatic carbocycles. The van der Waals surface area contributed by atoms with Crippen LogP contribution in [-0.4, -0.2) is 23.7 Å². The van der Waals surface area contributed by atoms with Crippen molar-refractivity contribution in [2.75, 3.05) is 13.1 Å². The molecule has 0 bridgehead atoms. The molecule has 1 saturated heterocycles. The zero-order valence-corrected chi connectivity index (χ0v) is 9.19. The summed E-state index contributed by atoms with van der Waals surface area (Å²) < 4.78 is 5.73. The number of hydrogen-bond acceptors (Lipinski definition) is 3. The molecular weight excluding hydrogens is 223 g/mol. The van der Waals surface area contributed by atoms with Gasteiger partial charge in [0.1, 0.15) is 21.7 Å². The van der Waals surface area contributed by atoms with E-state index in [1.165, 1.54) is 0 Å². The Hall–Kier alpha value is -0.510. The van der Waals surface area contributed by atoms with Crippen LogP contribution in [0.2, 0.25) is 10.3 Å². The van der Waals surface area contributed by atoms with Gasteiger partial charge in [0.15, 0.2) is 0 Å². The van der Waals surface area contributed by atoms with Crippen LogP contribution in [0.4, 0.5) is 0 Å². The highest BCUT2D eigenvalue weighted by Crippen LogP contribution is 2.26. The van der Waals surface area contributed by atoms with Gasteiger partial charge in [-0.1, -0.05) is 23.2 Å². The van der Waals surface area contributed by atoms with Crippen LogP contribution in [0, 0.1) is 0 Å². The number of rotatable bonds is 2. The fraction of sp³-hybridized carbons (Fsp3) is 0.444. The third kappa shape index (κ3) is 2.11. The Morgan fingerprint density at radius 2 is 1.93 bits per heavy atom. The second kappa shape index (κ2) is 3.57. The zero-order chi connectivity index (χ0) is 10.2. The molecule has 1 aliphatic rings. The molecule has 0 saturated carbocycles. The molecule has 0 spiro atoms. The summed E-state index contributed by atoms with van der Waals surface area (Å²) in [5.41, 5.74) is -0.145. The van der Waals surface area contributed by atoms with Crippen molar-refractivity contribution in [3.8, 4) is 5.75 Å². The van der Waals surface area contributed by atoms with E-state index in [9.17, 15) is 0 Å². The lowest BCUT2D eigenvalue weighted by molar-refractivity contribution is 0.0348. The molecule has 1 N–H and O–H groups in total. The van der Waals surface area contributed by atoms with Crippen molar-refractivity contribution in [1.29, 1.82) is 0 Å². The highest BCUT2D eigenvalue weighted by Gasteiger charge is 2.33. The molecular formula is C9H10Cl2N2O. The monoisotopic (exact) mass is 232 g/mol. The number of nitrogens with zero attached hydrogens (tertiary/aromatic N) is 1. The molecule has 5 heteroatoms. The summed E-state index contributed by atoms with van der Waals surface area (Å²) in [4.78, 5) is 3.84. The Morgan fingerprint density at radius 3 is 2.36 bits per heavy atom. The Bertz CT molecular complexity index is 332. The van der Waals surface area contributed by atoms with Crippen molar-refractivity contribution in [3.05, 3.63) is 22.4 Å². The summed E-state index contributed by atoms with van der Waals surface area (Å²) >= 11 is 11.5. The number of pyridine rings is 1. The summed E-state index contributed by atoms with van der Waals surface area (Å²) in [7, 11) is 0. The molecule has 0 atom stereocenters. The molecule has 2 rings (SSSR count). The lowest BCUT2D eigenvalue weighted by Gasteiger charge is -2.39. The van der Waals surface area contributed by atoms with E-state index in [2.05, 4.69) is 10.3 Å². The molecule has 0 aliphatic carbocycles. The number of hydrogen-bond donors (Lipinski definition) is 1. The molecule has 0 unspecified atom stereocenters. The first-order valence-corrected chi connectivity index (χ1v) is 5.06. The fourth-order valence-electron chi connectivity index (χ4n) is 1.34. The van der Waals surface area contributed by atoms with Crippen LogP contribution in [0.25, 0.3) is 0 Å². The summed E-state index contributed by atoms with van der Waals surface area (Å²) in [6.45, 7) is 3.71. The predicted molar refractivity (Wildman–Crippen MR) is 56.2 cm³/mol. The molecule has 76 valence electrons. The first-order valence-electron chi connectivity index (χ1n) is 4.30. The first-order chi connectivity index (χ1) is 6.57. The maximum atomic E-state index is 5.75. The smallest absolute Gasteiger partial charge is 0.134 e. The SMILES string of the molecule is CC1(Oc2cc(Cl)nc(Cl)c2)CNC1. The average molecular weight is 233 g/mol. The molecule has 1 aliphatic heterocycles. The van der Waals surface area contributed by atoms with Gasteiger partial charge in [0.25, 0.3) is 0 Å². The zero-order valence-electron chi connectivity index (χ0n) is 7.68. The van der Waals surface area contributed by atoms with Crippen molar-refractivity contribution >= 4 is 23.2 Å². The summed E-state index contributed by atoms with van der Waals surface area (Å²) in [6, 6.07) is 3.33. The minimum atomic E-state index is -0.145. The normalized spacial score (nSPS) is 18.8. The topological polar surface area (TPSA) is 34.1 Å². The van der Waals surface area contributed by atoms with E-state index in [0.717, 1.165) is 13.1 Å². The van der Waals surface area contributed by atoms with E-state index >= 15 is 0 Å². The van der Waals surface area contributed by atoms with Gasteiger partial charge in [-0.05, 0) is 6.92 Å². The molecule has 1 aromatic heterocycles. The van der Waals surface area contributed by atoms with E-state index in [1.54, 1.807) is 12.1 Å². The van der Waals surface area contributed by atoms with Gasteiger partial charge in [0, 0.05) is 25.2 Å². The van der Waals surface area contributed by atoms with E-state index < -0.39 is 0 Å². The van der Waals surface area contributed by atoms with Crippen molar-refractivity contribution in [1.82, 2.24) is 10.3 Å². The lowest BCUT2D eigenvalue weighted by atomic mass is 10.00. The summed E-state index contributed by atoms with van der Waals surface area (Å²) in [6.07, 6.45) is 0. The van der Waals surface area contributed by atoms with Gasteiger partial charge in [-0.15, -0.1) is 0 Å². The van der Waals surface area contributed by atoms with Crippen molar-refractivity contribution in [3.63, 3.8) is 0 Å². The lowest BCUT2D eigenvalue weighted by Crippen LogP contribution is -2.61. The molecule has 1 fully saturated rings. The summed E-state index contributed by atoms with van der Waals surface area (Å²) in [5, 5.41) is 3.85. The van der Waals surface area contributed by atoms with Gasteiger partial charge in [-0.2, -0.15) is 0 Å². The maximum absolute atomic E-state index is 5.75. The standard InChI is InChI=1S/C9H10Cl2N2O/c1-9(4-12-5-9)14-6-2-7(10)13-8(11)3-6/h2-3,12H,4-5H2,1H3. The third-order valence-corrected chi connectivity index (χ3v) is 2.49. The van der Waals surface area contributed by atoms with E-state index in [-0.39, 0.29) is 5.60 Å². The Kier molecular flexibility index (Phi) is 2.56. The van der Waals surface area contributed by atoms with Gasteiger partial charge in [0.2, 0.25) is 0 Å². The maximum Gasteiger partial charge on any atom is 0.134 e. The van der Waals surface area contributed by atoms with Gasteiger partial charge >= 0.3 is 0 Å². The van der Waals surface area contributed by atoms with E-state index in [0.29, 0.717) is 16.1 Å². The molecule has 3 nitrogen and oxygen atoms in total. The van der Waals surface area contributed by atoms with E-state index in [1.807, 2.05) is 6.92 Å². The van der Waals surface area contributed by atoms with Crippen LogP contribution in [0.15, 0.2) is 12.1 Å². The van der Waals surface area contributed by atoms with Gasteiger partial charge in [-0.3, -0.25) is 0 Å². The van der Waals surface area contributed by atoms with Gasteiger partial charge in [0.05, 0.1) is 0 Å². The molecule has 0 radical (unpaired) electrons. The molecule has 0 amide bonds. The van der Waals surface area contributed by atoms with Crippen LogP contribution in [0.3, 0.4) is 0 Å². The quantitative estimate of drug-likeness (QED) is 0.794. The third-order valence-electron chi connectivity index (χ3n) is 2.10. The minimum Gasteiger partial charge on any atom is -0.485 e. The first kappa shape index (κ1) is 10.0. The van der Waals surface area contributed by atoms with Crippen molar-refractivity contribution < 1.29 is 4.74 Å². The predicted octanol–water partition coefficient (Wildman–Crippen LogP) is 2.13. The van der Waals surface area contributed by atoms with Gasteiger partial charge < -0.3 is 10.1 Å². The molecule has 1 aromatic rings. The van der Waals surface area contributed by atoms with Crippen LogP contribution in [0.5, 0.6) is 5.75 Å². The fourth-order valence-corrected chi connectivity index (χ4v) is 1.78. The van der Waals surface area contributed by atoms with E-state index in [4.69, 9.17) is 27.9 Å². The highest BCUT2D eigenvalue weighted by atomic mass is 35.5. The Balaban J connectivity index is 2.16. The number of ether oxygens (including phenoxy) is 1. The molecule has 14 heavy (non-hydrogen) atoms. The second-order valence-corrected chi connectivity index (χ2v) is 4.38. The minimum absolute atomic E-state index is 0.145. The Morgan fingerprint density at radius 1 is 1.36 bits per heavy atom. The average Bonchev–Trinajstić information content (AvgIpc) is 1.99. The second-order valence-electron chi connectivity index (χ2n) is 3.60. The highest BCUT2D eigenvalue weighted by molar-refractivity contribution is 6.32. The molecule has 2 heterocycles. The van der Waals surface area contributed by atoms with Crippen molar-refractivity contribution in [2.24, 2.45) is 0 Å². The van der Waals surface area contributed by atoms with Crippen LogP contribution in [-0.2, 0) is 0 Å². The van der Waals surface area contributed by atoms with Crippen LogP contribution < -0.4 is 10.1 Å². The number of nitrogens with one attached hydrogen (secondary N) is 1. The van der Waals surface area contributed by atoms with Crippen molar-refractivity contribution in [2.45, 2.75) is 12.5 Å². The summed E-state index contributed by atoms with van der Waals surface area (Å²) in [5.74, 6) is 0.666.